The van der Waals surface area contributed by atoms with E-state index in [-0.39, 0.29) is 6.10 Å². The van der Waals surface area contributed by atoms with Crippen molar-refractivity contribution in [1.29, 1.82) is 0 Å². The molecule has 8 heteroatoms. The van der Waals surface area contributed by atoms with Crippen molar-refractivity contribution in [3.05, 3.63) is 12.3 Å². The zero-order valence-electron chi connectivity index (χ0n) is 12.9. The fourth-order valence-electron chi connectivity index (χ4n) is 2.51. The Morgan fingerprint density at radius 3 is 3.14 bits per heavy atom. The van der Waals surface area contributed by atoms with Crippen LogP contribution in [0.1, 0.15) is 13.8 Å². The molecule has 1 atom stereocenters. The van der Waals surface area contributed by atoms with Crippen molar-refractivity contribution in [2.24, 2.45) is 5.92 Å². The molecule has 1 N–H and O–H groups in total. The smallest absolute Gasteiger partial charge is 0.206 e. The number of morpholine rings is 1. The maximum atomic E-state index is 5.82. The van der Waals surface area contributed by atoms with E-state index in [9.17, 15) is 0 Å². The number of hydrogen-bond donors (Lipinski definition) is 1. The minimum atomic E-state index is 0.187. The van der Waals surface area contributed by atoms with Crippen LogP contribution >= 0.6 is 11.3 Å². The number of hydrogen-bond acceptors (Lipinski definition) is 8. The molecule has 0 saturated carbocycles. The zero-order chi connectivity index (χ0) is 15.4. The van der Waals surface area contributed by atoms with Gasteiger partial charge < -0.3 is 14.6 Å². The summed E-state index contributed by atoms with van der Waals surface area (Å²) in [6.07, 6.45) is 1.72. The number of aromatic nitrogens is 3. The third-order valence-electron chi connectivity index (χ3n) is 3.41. The molecule has 0 aliphatic carbocycles. The Bertz CT molecular complexity index is 572. The van der Waals surface area contributed by atoms with Gasteiger partial charge in [-0.3, -0.25) is 4.90 Å². The molecule has 0 radical (unpaired) electrons. The lowest BCUT2D eigenvalue weighted by Crippen LogP contribution is -2.46. The second-order valence-electron chi connectivity index (χ2n) is 5.82. The van der Waals surface area contributed by atoms with E-state index in [1.807, 2.05) is 0 Å². The van der Waals surface area contributed by atoms with Gasteiger partial charge in [0.2, 0.25) is 5.13 Å². The molecule has 0 aromatic carbocycles. The molecule has 1 aliphatic heterocycles. The van der Waals surface area contributed by atoms with Crippen molar-refractivity contribution in [3.63, 3.8) is 0 Å². The minimum Gasteiger partial charge on any atom is -0.374 e. The van der Waals surface area contributed by atoms with E-state index in [0.717, 1.165) is 42.9 Å². The van der Waals surface area contributed by atoms with Crippen LogP contribution in [0.15, 0.2) is 16.9 Å². The molecule has 3 rings (SSSR count). The standard InChI is InChI=1S/C14H21N5O2S/c1-10(2)8-19-4-6-20-11(9-19)7-15-14-17-16-13(22-14)12-3-5-21-18-12/h3,5,10-11H,4,6-9H2,1-2H3,(H,15,17). The average Bonchev–Trinajstić information content (AvgIpc) is 3.16. The summed E-state index contributed by atoms with van der Waals surface area (Å²) >= 11 is 1.47. The second-order valence-corrected chi connectivity index (χ2v) is 6.80. The zero-order valence-corrected chi connectivity index (χ0v) is 13.7. The Balaban J connectivity index is 1.50. The Kier molecular flexibility index (Phi) is 5.01. The quantitative estimate of drug-likeness (QED) is 0.871. The van der Waals surface area contributed by atoms with Gasteiger partial charge in [-0.1, -0.05) is 30.3 Å². The maximum Gasteiger partial charge on any atom is 0.206 e. The number of anilines is 1. The minimum absolute atomic E-state index is 0.187. The number of ether oxygens (including phenoxy) is 1. The van der Waals surface area contributed by atoms with E-state index in [1.165, 1.54) is 17.6 Å². The number of nitrogens with one attached hydrogen (secondary N) is 1. The SMILES string of the molecule is CC(C)CN1CCOC(CNc2nnc(-c3ccon3)s2)C1. The van der Waals surface area contributed by atoms with Crippen LogP contribution in [0.2, 0.25) is 0 Å². The van der Waals surface area contributed by atoms with E-state index >= 15 is 0 Å². The molecule has 1 aliphatic rings. The van der Waals surface area contributed by atoms with Gasteiger partial charge in [-0.05, 0) is 5.92 Å². The molecule has 0 amide bonds. The summed E-state index contributed by atoms with van der Waals surface area (Å²) in [5, 5.41) is 16.9. The van der Waals surface area contributed by atoms with E-state index in [2.05, 4.69) is 39.4 Å². The van der Waals surface area contributed by atoms with Gasteiger partial charge in [-0.25, -0.2) is 0 Å². The van der Waals surface area contributed by atoms with Crippen molar-refractivity contribution in [1.82, 2.24) is 20.3 Å². The van der Waals surface area contributed by atoms with E-state index in [1.54, 1.807) is 6.07 Å². The van der Waals surface area contributed by atoms with Crippen molar-refractivity contribution >= 4 is 16.5 Å². The largest absolute Gasteiger partial charge is 0.374 e. The number of rotatable bonds is 6. The summed E-state index contributed by atoms with van der Waals surface area (Å²) in [7, 11) is 0. The molecule has 120 valence electrons. The predicted octanol–water partition coefficient (Wildman–Crippen LogP) is 1.96. The highest BCUT2D eigenvalue weighted by Gasteiger charge is 2.21. The van der Waals surface area contributed by atoms with Gasteiger partial charge in [-0.2, -0.15) is 0 Å². The monoisotopic (exact) mass is 323 g/mol. The highest BCUT2D eigenvalue weighted by Crippen LogP contribution is 2.24. The highest BCUT2D eigenvalue weighted by molar-refractivity contribution is 7.18. The topological polar surface area (TPSA) is 76.3 Å². The molecule has 2 aromatic heterocycles. The van der Waals surface area contributed by atoms with Crippen LogP contribution in [0.4, 0.5) is 5.13 Å². The number of nitrogens with zero attached hydrogens (tertiary/aromatic N) is 4. The first-order chi connectivity index (χ1) is 10.7. The van der Waals surface area contributed by atoms with Crippen LogP contribution in [0.5, 0.6) is 0 Å². The Labute approximate surface area is 133 Å². The van der Waals surface area contributed by atoms with Crippen LogP contribution in [-0.4, -0.2) is 59.1 Å². The summed E-state index contributed by atoms with van der Waals surface area (Å²) in [6.45, 7) is 9.12. The van der Waals surface area contributed by atoms with Crippen molar-refractivity contribution < 1.29 is 9.26 Å². The molecule has 3 heterocycles. The van der Waals surface area contributed by atoms with Crippen LogP contribution in [0.3, 0.4) is 0 Å². The van der Waals surface area contributed by atoms with Gasteiger partial charge in [0.05, 0.1) is 12.7 Å². The third kappa shape index (κ3) is 4.02. The molecule has 7 nitrogen and oxygen atoms in total. The highest BCUT2D eigenvalue weighted by atomic mass is 32.1. The summed E-state index contributed by atoms with van der Waals surface area (Å²) in [5.41, 5.74) is 0.711. The van der Waals surface area contributed by atoms with Crippen LogP contribution in [0.25, 0.3) is 10.7 Å². The molecular formula is C14H21N5O2S. The lowest BCUT2D eigenvalue weighted by molar-refractivity contribution is -0.0244. The van der Waals surface area contributed by atoms with Gasteiger partial charge >= 0.3 is 0 Å². The molecular weight excluding hydrogens is 302 g/mol. The molecule has 1 unspecified atom stereocenters. The van der Waals surface area contributed by atoms with Crippen molar-refractivity contribution in [3.8, 4) is 10.7 Å². The maximum absolute atomic E-state index is 5.82. The molecule has 1 fully saturated rings. The van der Waals surface area contributed by atoms with E-state index in [4.69, 9.17) is 9.26 Å². The van der Waals surface area contributed by atoms with Gasteiger partial charge in [-0.15, -0.1) is 10.2 Å². The molecule has 0 spiro atoms. The summed E-state index contributed by atoms with van der Waals surface area (Å²) in [6, 6.07) is 1.78. The molecule has 1 saturated heterocycles. The summed E-state index contributed by atoms with van der Waals surface area (Å²) in [5.74, 6) is 0.680. The van der Waals surface area contributed by atoms with Crippen molar-refractivity contribution in [2.75, 3.05) is 38.1 Å². The fourth-order valence-corrected chi connectivity index (χ4v) is 3.22. The third-order valence-corrected chi connectivity index (χ3v) is 4.31. The first kappa shape index (κ1) is 15.4. The van der Waals surface area contributed by atoms with Crippen LogP contribution in [-0.2, 0) is 4.74 Å². The van der Waals surface area contributed by atoms with Crippen LogP contribution in [0, 0.1) is 5.92 Å². The molecule has 2 aromatic rings. The van der Waals surface area contributed by atoms with Crippen LogP contribution < -0.4 is 5.32 Å². The first-order valence-electron chi connectivity index (χ1n) is 7.53. The van der Waals surface area contributed by atoms with Gasteiger partial charge in [0.15, 0.2) is 5.01 Å². The summed E-state index contributed by atoms with van der Waals surface area (Å²) < 4.78 is 10.6. The molecule has 0 bridgehead atoms. The van der Waals surface area contributed by atoms with Gasteiger partial charge in [0.1, 0.15) is 12.0 Å². The Morgan fingerprint density at radius 1 is 1.45 bits per heavy atom. The van der Waals surface area contributed by atoms with Gasteiger partial charge in [0, 0.05) is 32.2 Å². The Hall–Kier alpha value is -1.51. The van der Waals surface area contributed by atoms with Crippen molar-refractivity contribution in [2.45, 2.75) is 20.0 Å². The Morgan fingerprint density at radius 2 is 2.36 bits per heavy atom. The average molecular weight is 323 g/mol. The normalized spacial score (nSPS) is 19.7. The first-order valence-corrected chi connectivity index (χ1v) is 8.34. The lowest BCUT2D eigenvalue weighted by atomic mass is 10.2. The van der Waals surface area contributed by atoms with E-state index < -0.39 is 0 Å². The summed E-state index contributed by atoms with van der Waals surface area (Å²) in [4.78, 5) is 2.46. The fraction of sp³-hybridized carbons (Fsp3) is 0.643. The lowest BCUT2D eigenvalue weighted by Gasteiger charge is -2.33. The predicted molar refractivity (Wildman–Crippen MR) is 84.9 cm³/mol. The van der Waals surface area contributed by atoms with E-state index in [0.29, 0.717) is 11.6 Å². The molecule has 22 heavy (non-hydrogen) atoms. The van der Waals surface area contributed by atoms with Gasteiger partial charge in [0.25, 0.3) is 0 Å². The second kappa shape index (κ2) is 7.17.